The van der Waals surface area contributed by atoms with E-state index in [1.54, 1.807) is 12.1 Å². The summed E-state index contributed by atoms with van der Waals surface area (Å²) >= 11 is 0. The minimum Gasteiger partial charge on any atom is -0.421 e. The lowest BCUT2D eigenvalue weighted by atomic mass is 10.1. The van der Waals surface area contributed by atoms with Crippen LogP contribution in [-0.4, -0.2) is 18.1 Å². The Morgan fingerprint density at radius 3 is 2.33 bits per heavy atom. The number of rotatable bonds is 2. The Hall–Kier alpha value is -2.97. The van der Waals surface area contributed by atoms with Crippen molar-refractivity contribution in [1.82, 2.24) is 0 Å². The maximum Gasteiger partial charge on any atom is 0.507 e. The van der Waals surface area contributed by atoms with Crippen molar-refractivity contribution >= 4 is 17.3 Å². The van der Waals surface area contributed by atoms with E-state index in [1.807, 2.05) is 0 Å². The highest BCUT2D eigenvalue weighted by atomic mass is 19.3. The second-order valence-electron chi connectivity index (χ2n) is 4.91. The average molecular weight is 342 g/mol. The standard InChI is InChI=1S/C15H10F4N2O3/c16-14(17)15(18,19)24-12-10(6-3-7-11(12)23-14)21-13(22)8-4-1-2-5-9(8)20/h1-7H,20H2,(H,21,22). The quantitative estimate of drug-likeness (QED) is 0.647. The molecule has 2 aromatic rings. The lowest BCUT2D eigenvalue weighted by Gasteiger charge is -2.32. The molecule has 0 unspecified atom stereocenters. The second-order valence-corrected chi connectivity index (χ2v) is 4.91. The van der Waals surface area contributed by atoms with Crippen LogP contribution in [0.15, 0.2) is 42.5 Å². The number of benzene rings is 2. The molecule has 126 valence electrons. The summed E-state index contributed by atoms with van der Waals surface area (Å²) in [5.74, 6) is -2.04. The number of hydrogen-bond acceptors (Lipinski definition) is 4. The van der Waals surface area contributed by atoms with Gasteiger partial charge in [0.1, 0.15) is 0 Å². The molecule has 1 aliphatic rings. The van der Waals surface area contributed by atoms with Crippen LogP contribution in [0.5, 0.6) is 11.5 Å². The first-order chi connectivity index (χ1) is 11.2. The maximum absolute atomic E-state index is 13.3. The molecular formula is C15H10F4N2O3. The fourth-order valence-electron chi connectivity index (χ4n) is 2.08. The van der Waals surface area contributed by atoms with Crippen molar-refractivity contribution in [2.45, 2.75) is 12.2 Å². The molecule has 0 saturated heterocycles. The van der Waals surface area contributed by atoms with Gasteiger partial charge in [0.2, 0.25) is 0 Å². The van der Waals surface area contributed by atoms with Crippen LogP contribution >= 0.6 is 0 Å². The number of fused-ring (bicyclic) bond motifs is 1. The van der Waals surface area contributed by atoms with Gasteiger partial charge in [0.15, 0.2) is 11.5 Å². The van der Waals surface area contributed by atoms with Gasteiger partial charge in [-0.15, -0.1) is 0 Å². The Labute approximate surface area is 133 Å². The highest BCUT2D eigenvalue weighted by molar-refractivity contribution is 6.08. The van der Waals surface area contributed by atoms with Crippen molar-refractivity contribution in [3.8, 4) is 11.5 Å². The predicted octanol–water partition coefficient (Wildman–Crippen LogP) is 3.48. The second kappa shape index (κ2) is 5.29. The molecule has 2 aromatic carbocycles. The van der Waals surface area contributed by atoms with Crippen molar-refractivity contribution in [2.24, 2.45) is 0 Å². The van der Waals surface area contributed by atoms with E-state index in [1.165, 1.54) is 24.3 Å². The van der Waals surface area contributed by atoms with Crippen LogP contribution < -0.4 is 20.5 Å². The topological polar surface area (TPSA) is 73.6 Å². The first-order valence-electron chi connectivity index (χ1n) is 6.64. The number of anilines is 2. The maximum atomic E-state index is 13.3. The van der Waals surface area contributed by atoms with E-state index >= 15 is 0 Å². The van der Waals surface area contributed by atoms with Crippen molar-refractivity contribution < 1.29 is 31.8 Å². The average Bonchev–Trinajstić information content (AvgIpc) is 2.49. The first-order valence-corrected chi connectivity index (χ1v) is 6.64. The summed E-state index contributed by atoms with van der Waals surface area (Å²) in [6.45, 7) is 0. The molecule has 5 nitrogen and oxygen atoms in total. The molecule has 0 fully saturated rings. The number of alkyl halides is 4. The third-order valence-electron chi connectivity index (χ3n) is 3.24. The number of amides is 1. The van der Waals surface area contributed by atoms with E-state index in [0.29, 0.717) is 0 Å². The number of halogens is 4. The summed E-state index contributed by atoms with van der Waals surface area (Å²) in [6.07, 6.45) is -9.71. The van der Waals surface area contributed by atoms with Crippen LogP contribution in [0.3, 0.4) is 0 Å². The van der Waals surface area contributed by atoms with E-state index in [0.717, 1.165) is 6.07 Å². The molecule has 0 spiro atoms. The normalized spacial score (nSPS) is 17.2. The molecule has 1 amide bonds. The van der Waals surface area contributed by atoms with Gasteiger partial charge >= 0.3 is 12.2 Å². The number of carbonyl (C=O) groups is 1. The molecular weight excluding hydrogens is 332 g/mol. The zero-order chi connectivity index (χ0) is 17.5. The molecule has 1 heterocycles. The third kappa shape index (κ3) is 2.57. The number of nitrogen functional groups attached to an aromatic ring is 1. The van der Waals surface area contributed by atoms with Gasteiger partial charge in [-0.05, 0) is 24.3 Å². The van der Waals surface area contributed by atoms with Gasteiger partial charge in [-0.1, -0.05) is 18.2 Å². The molecule has 0 aromatic heterocycles. The Kier molecular flexibility index (Phi) is 3.51. The van der Waals surface area contributed by atoms with E-state index in [4.69, 9.17) is 5.73 Å². The molecule has 0 atom stereocenters. The number of para-hydroxylation sites is 2. The number of nitrogens with one attached hydrogen (secondary N) is 1. The molecule has 0 radical (unpaired) electrons. The van der Waals surface area contributed by atoms with Crippen molar-refractivity contribution in [3.63, 3.8) is 0 Å². The van der Waals surface area contributed by atoms with Gasteiger partial charge < -0.3 is 20.5 Å². The molecule has 9 heteroatoms. The summed E-state index contributed by atoms with van der Waals surface area (Å²) in [7, 11) is 0. The lowest BCUT2D eigenvalue weighted by molar-refractivity contribution is -0.391. The summed E-state index contributed by atoms with van der Waals surface area (Å²) in [6, 6.07) is 9.52. The lowest BCUT2D eigenvalue weighted by Crippen LogP contribution is -2.52. The van der Waals surface area contributed by atoms with Gasteiger partial charge in [-0.3, -0.25) is 4.79 Å². The van der Waals surface area contributed by atoms with Crippen LogP contribution in [0.4, 0.5) is 28.9 Å². The zero-order valence-corrected chi connectivity index (χ0v) is 11.9. The van der Waals surface area contributed by atoms with Crippen LogP contribution in [0.2, 0.25) is 0 Å². The number of hydrogen-bond donors (Lipinski definition) is 2. The Balaban J connectivity index is 1.95. The Bertz CT molecular complexity index is 811. The largest absolute Gasteiger partial charge is 0.507 e. The monoisotopic (exact) mass is 342 g/mol. The van der Waals surface area contributed by atoms with E-state index in [2.05, 4.69) is 14.8 Å². The third-order valence-corrected chi connectivity index (χ3v) is 3.24. The predicted molar refractivity (Wildman–Crippen MR) is 76.4 cm³/mol. The Morgan fingerprint density at radius 1 is 0.958 bits per heavy atom. The summed E-state index contributed by atoms with van der Waals surface area (Å²) in [5.41, 5.74) is 5.65. The number of carbonyl (C=O) groups excluding carboxylic acids is 1. The molecule has 0 bridgehead atoms. The zero-order valence-electron chi connectivity index (χ0n) is 11.9. The Morgan fingerprint density at radius 2 is 1.62 bits per heavy atom. The summed E-state index contributed by atoms with van der Waals surface area (Å²) in [5, 5.41) is 2.29. The van der Waals surface area contributed by atoms with Gasteiger partial charge in [0, 0.05) is 5.69 Å². The fourth-order valence-corrected chi connectivity index (χ4v) is 2.08. The number of ether oxygens (including phenoxy) is 2. The van der Waals surface area contributed by atoms with E-state index in [-0.39, 0.29) is 16.9 Å². The van der Waals surface area contributed by atoms with Gasteiger partial charge in [-0.2, -0.15) is 17.6 Å². The molecule has 24 heavy (non-hydrogen) atoms. The highest BCUT2D eigenvalue weighted by Crippen LogP contribution is 2.49. The SMILES string of the molecule is Nc1ccccc1C(=O)Nc1cccc2c1OC(F)(F)C(F)(F)O2. The van der Waals surface area contributed by atoms with Crippen LogP contribution in [-0.2, 0) is 0 Å². The number of nitrogens with two attached hydrogens (primary N) is 1. The van der Waals surface area contributed by atoms with Crippen LogP contribution in [0, 0.1) is 0 Å². The van der Waals surface area contributed by atoms with Crippen LogP contribution in [0.1, 0.15) is 10.4 Å². The van der Waals surface area contributed by atoms with Gasteiger partial charge in [-0.25, -0.2) is 0 Å². The van der Waals surface area contributed by atoms with Crippen molar-refractivity contribution in [2.75, 3.05) is 11.1 Å². The van der Waals surface area contributed by atoms with E-state index < -0.39 is 29.6 Å². The molecule has 1 aliphatic heterocycles. The molecule has 0 saturated carbocycles. The summed E-state index contributed by atoms with van der Waals surface area (Å²) < 4.78 is 61.1. The molecule has 3 rings (SSSR count). The molecule has 0 aliphatic carbocycles. The highest BCUT2D eigenvalue weighted by Gasteiger charge is 2.66. The van der Waals surface area contributed by atoms with Crippen molar-refractivity contribution in [3.05, 3.63) is 48.0 Å². The van der Waals surface area contributed by atoms with Gasteiger partial charge in [0.05, 0.1) is 11.3 Å². The minimum atomic E-state index is -4.88. The van der Waals surface area contributed by atoms with Crippen LogP contribution in [0.25, 0.3) is 0 Å². The van der Waals surface area contributed by atoms with Crippen molar-refractivity contribution in [1.29, 1.82) is 0 Å². The fraction of sp³-hybridized carbons (Fsp3) is 0.133. The van der Waals surface area contributed by atoms with Gasteiger partial charge in [0.25, 0.3) is 5.91 Å². The minimum absolute atomic E-state index is 0.0870. The first kappa shape index (κ1) is 15.9. The smallest absolute Gasteiger partial charge is 0.421 e. The molecule has 3 N–H and O–H groups in total. The van der Waals surface area contributed by atoms with E-state index in [9.17, 15) is 22.4 Å². The summed E-state index contributed by atoms with van der Waals surface area (Å²) in [4.78, 5) is 12.2.